The lowest BCUT2D eigenvalue weighted by molar-refractivity contribution is 0.245. The van der Waals surface area contributed by atoms with E-state index in [1.165, 1.54) is 7.11 Å². The highest BCUT2D eigenvalue weighted by molar-refractivity contribution is 7.89. The van der Waals surface area contributed by atoms with E-state index in [9.17, 15) is 8.42 Å². The van der Waals surface area contributed by atoms with Crippen molar-refractivity contribution in [2.75, 3.05) is 20.8 Å². The van der Waals surface area contributed by atoms with Gasteiger partial charge < -0.3 is 9.47 Å². The Morgan fingerprint density at radius 3 is 2.45 bits per heavy atom. The van der Waals surface area contributed by atoms with Crippen molar-refractivity contribution in [3.8, 4) is 11.5 Å². The van der Waals surface area contributed by atoms with Crippen LogP contribution in [0.15, 0.2) is 17.0 Å². The molecular weight excluding hydrogens is 302 g/mol. The maximum atomic E-state index is 13.1. The van der Waals surface area contributed by atoms with Crippen LogP contribution < -0.4 is 9.47 Å². The van der Waals surface area contributed by atoms with Crippen molar-refractivity contribution in [3.05, 3.63) is 17.7 Å². The van der Waals surface area contributed by atoms with Crippen LogP contribution in [0.25, 0.3) is 0 Å². The summed E-state index contributed by atoms with van der Waals surface area (Å²) in [5.41, 5.74) is 0.851. The third-order valence-electron chi connectivity index (χ3n) is 4.31. The fourth-order valence-corrected chi connectivity index (χ4v) is 4.97. The van der Waals surface area contributed by atoms with Crippen LogP contribution in [0, 0.1) is 6.92 Å². The topological polar surface area (TPSA) is 55.8 Å². The lowest BCUT2D eigenvalue weighted by Gasteiger charge is -2.34. The van der Waals surface area contributed by atoms with Crippen LogP contribution in [0.3, 0.4) is 0 Å². The number of hydrogen-bond acceptors (Lipinski definition) is 4. The maximum Gasteiger partial charge on any atom is 0.247 e. The Bertz CT molecular complexity index is 627. The van der Waals surface area contributed by atoms with Gasteiger partial charge in [0.25, 0.3) is 0 Å². The summed E-state index contributed by atoms with van der Waals surface area (Å²) in [7, 11) is -0.551. The number of sulfonamides is 1. The summed E-state index contributed by atoms with van der Waals surface area (Å²) in [6, 6.07) is 3.36. The highest BCUT2D eigenvalue weighted by Gasteiger charge is 2.34. The second-order valence-corrected chi connectivity index (χ2v) is 7.51. The Hall–Kier alpha value is -1.27. The van der Waals surface area contributed by atoms with E-state index < -0.39 is 10.0 Å². The summed E-state index contributed by atoms with van der Waals surface area (Å²) in [4.78, 5) is 0.192. The summed E-state index contributed by atoms with van der Waals surface area (Å²) < 4.78 is 38.4. The molecule has 1 saturated heterocycles. The van der Waals surface area contributed by atoms with E-state index in [4.69, 9.17) is 9.47 Å². The number of piperidine rings is 1. The first kappa shape index (κ1) is 17.1. The quantitative estimate of drug-likeness (QED) is 0.834. The van der Waals surface area contributed by atoms with Crippen molar-refractivity contribution in [2.45, 2.75) is 50.5 Å². The van der Waals surface area contributed by atoms with Crippen LogP contribution >= 0.6 is 0 Å². The molecule has 0 unspecified atom stereocenters. The SMILES string of the molecule is CC[C@@H]1CCCCN1S(=O)(=O)c1cc(OC)c(C)cc1OC. The Morgan fingerprint density at radius 2 is 1.86 bits per heavy atom. The van der Waals surface area contributed by atoms with E-state index in [-0.39, 0.29) is 10.9 Å². The second kappa shape index (κ2) is 6.87. The van der Waals surface area contributed by atoms with Gasteiger partial charge in [-0.25, -0.2) is 8.42 Å². The molecule has 124 valence electrons. The van der Waals surface area contributed by atoms with Gasteiger partial charge in [0.05, 0.1) is 14.2 Å². The van der Waals surface area contributed by atoms with Crippen molar-refractivity contribution in [3.63, 3.8) is 0 Å². The molecule has 0 aromatic heterocycles. The molecule has 2 rings (SSSR count). The fourth-order valence-electron chi connectivity index (χ4n) is 3.05. The predicted molar refractivity (Wildman–Crippen MR) is 86.1 cm³/mol. The largest absolute Gasteiger partial charge is 0.496 e. The van der Waals surface area contributed by atoms with Crippen LogP contribution in [0.4, 0.5) is 0 Å². The van der Waals surface area contributed by atoms with E-state index in [1.54, 1.807) is 23.5 Å². The predicted octanol–water partition coefficient (Wildman–Crippen LogP) is 2.97. The summed E-state index contributed by atoms with van der Waals surface area (Å²) in [5, 5.41) is 0. The first-order chi connectivity index (χ1) is 10.5. The van der Waals surface area contributed by atoms with Gasteiger partial charge in [-0.3, -0.25) is 0 Å². The molecule has 6 heteroatoms. The number of nitrogens with zero attached hydrogens (tertiary/aromatic N) is 1. The van der Waals surface area contributed by atoms with Gasteiger partial charge in [0.2, 0.25) is 10.0 Å². The monoisotopic (exact) mass is 327 g/mol. The van der Waals surface area contributed by atoms with E-state index in [2.05, 4.69) is 0 Å². The molecule has 0 saturated carbocycles. The molecule has 1 aromatic rings. The van der Waals surface area contributed by atoms with Gasteiger partial charge >= 0.3 is 0 Å². The van der Waals surface area contributed by atoms with Crippen molar-refractivity contribution >= 4 is 10.0 Å². The van der Waals surface area contributed by atoms with Crippen LogP contribution in [0.5, 0.6) is 11.5 Å². The van der Waals surface area contributed by atoms with Crippen molar-refractivity contribution in [1.82, 2.24) is 4.31 Å². The van der Waals surface area contributed by atoms with Crippen LogP contribution in [-0.2, 0) is 10.0 Å². The average molecular weight is 327 g/mol. The summed E-state index contributed by atoms with van der Waals surface area (Å²) in [6.45, 7) is 4.47. The number of ether oxygens (including phenoxy) is 2. The molecule has 0 N–H and O–H groups in total. The Morgan fingerprint density at radius 1 is 1.18 bits per heavy atom. The van der Waals surface area contributed by atoms with E-state index in [1.807, 2.05) is 13.8 Å². The average Bonchev–Trinajstić information content (AvgIpc) is 2.54. The molecule has 0 radical (unpaired) electrons. The van der Waals surface area contributed by atoms with Crippen molar-refractivity contribution in [1.29, 1.82) is 0 Å². The maximum absolute atomic E-state index is 13.1. The zero-order chi connectivity index (χ0) is 16.3. The molecule has 1 fully saturated rings. The molecule has 0 bridgehead atoms. The second-order valence-electron chi connectivity index (χ2n) is 5.65. The van der Waals surface area contributed by atoms with Crippen LogP contribution in [0.2, 0.25) is 0 Å². The molecule has 1 aromatic carbocycles. The lowest BCUT2D eigenvalue weighted by Crippen LogP contribution is -2.43. The standard InChI is InChI=1S/C16H25NO4S/c1-5-13-8-6-7-9-17(13)22(18,19)16-11-14(20-3)12(2)10-15(16)21-4/h10-11,13H,5-9H2,1-4H3/t13-/m1/s1. The van der Waals surface area contributed by atoms with Gasteiger partial charge in [-0.2, -0.15) is 4.31 Å². The smallest absolute Gasteiger partial charge is 0.247 e. The zero-order valence-electron chi connectivity index (χ0n) is 13.8. The highest BCUT2D eigenvalue weighted by atomic mass is 32.2. The zero-order valence-corrected chi connectivity index (χ0v) is 14.6. The summed E-state index contributed by atoms with van der Waals surface area (Å²) >= 11 is 0. The first-order valence-electron chi connectivity index (χ1n) is 7.70. The minimum Gasteiger partial charge on any atom is -0.496 e. The van der Waals surface area contributed by atoms with Gasteiger partial charge in [-0.15, -0.1) is 0 Å². The van der Waals surface area contributed by atoms with Crippen molar-refractivity contribution in [2.24, 2.45) is 0 Å². The third-order valence-corrected chi connectivity index (χ3v) is 6.29. The van der Waals surface area contributed by atoms with Crippen LogP contribution in [-0.4, -0.2) is 39.5 Å². The number of aryl methyl sites for hydroxylation is 1. The molecular formula is C16H25NO4S. The van der Waals surface area contributed by atoms with Gasteiger partial charge in [-0.1, -0.05) is 13.3 Å². The molecule has 0 amide bonds. The van der Waals surface area contributed by atoms with Crippen molar-refractivity contribution < 1.29 is 17.9 Å². The van der Waals surface area contributed by atoms with Crippen LogP contribution in [0.1, 0.15) is 38.2 Å². The van der Waals surface area contributed by atoms with E-state index in [0.29, 0.717) is 18.0 Å². The number of methoxy groups -OCH3 is 2. The van der Waals surface area contributed by atoms with E-state index in [0.717, 1.165) is 31.2 Å². The summed E-state index contributed by atoms with van der Waals surface area (Å²) in [5.74, 6) is 0.933. The Kier molecular flexibility index (Phi) is 5.34. The first-order valence-corrected chi connectivity index (χ1v) is 9.14. The minimum absolute atomic E-state index is 0.0655. The van der Waals surface area contributed by atoms with Gasteiger partial charge in [0.1, 0.15) is 16.4 Å². The molecule has 1 atom stereocenters. The normalized spacial score (nSPS) is 19.9. The molecule has 1 heterocycles. The number of rotatable bonds is 5. The van der Waals surface area contributed by atoms with Gasteiger partial charge in [-0.05, 0) is 37.8 Å². The third kappa shape index (κ3) is 3.08. The molecule has 1 aliphatic heterocycles. The fraction of sp³-hybridized carbons (Fsp3) is 0.625. The van der Waals surface area contributed by atoms with Gasteiger partial charge in [0, 0.05) is 18.7 Å². The highest BCUT2D eigenvalue weighted by Crippen LogP contribution is 2.36. The van der Waals surface area contributed by atoms with Gasteiger partial charge in [0.15, 0.2) is 0 Å². The number of hydrogen-bond donors (Lipinski definition) is 0. The Balaban J connectivity index is 2.52. The molecule has 5 nitrogen and oxygen atoms in total. The number of benzene rings is 1. The molecule has 1 aliphatic rings. The minimum atomic E-state index is -3.59. The lowest BCUT2D eigenvalue weighted by atomic mass is 10.0. The molecule has 22 heavy (non-hydrogen) atoms. The molecule has 0 spiro atoms. The molecule has 0 aliphatic carbocycles. The summed E-state index contributed by atoms with van der Waals surface area (Å²) in [6.07, 6.45) is 3.73. The Labute approximate surface area is 133 Å². The van der Waals surface area contributed by atoms with E-state index >= 15 is 0 Å².